The molecule has 0 fully saturated rings. The maximum Gasteiger partial charge on any atom is 0.328 e. The Morgan fingerprint density at radius 3 is 2.29 bits per heavy atom. The number of halogens is 1. The van der Waals surface area contributed by atoms with Crippen molar-refractivity contribution in [2.24, 2.45) is 0 Å². The second kappa shape index (κ2) is 14.8. The predicted octanol–water partition coefficient (Wildman–Crippen LogP) is 6.59. The van der Waals surface area contributed by atoms with Gasteiger partial charge in [0, 0.05) is 40.4 Å². The molecule has 1 atom stereocenters. The van der Waals surface area contributed by atoms with E-state index in [1.165, 1.54) is 7.11 Å². The second-order valence-electron chi connectivity index (χ2n) is 9.54. The maximum absolute atomic E-state index is 13.2. The summed E-state index contributed by atoms with van der Waals surface area (Å²) in [6, 6.07) is 30.0. The minimum atomic E-state index is -0.724. The van der Waals surface area contributed by atoms with Crippen LogP contribution in [-0.2, 0) is 20.7 Å². The molecular weight excluding hydrogens is 552 g/mol. The Labute approximate surface area is 251 Å². The number of benzene rings is 4. The van der Waals surface area contributed by atoms with Gasteiger partial charge in [-0.3, -0.25) is 9.59 Å². The number of ether oxygens (including phenoxy) is 2. The van der Waals surface area contributed by atoms with Gasteiger partial charge in [0.25, 0.3) is 0 Å². The molecule has 1 N–H and O–H groups in total. The quantitative estimate of drug-likeness (QED) is 0.141. The van der Waals surface area contributed by atoms with Crippen LogP contribution in [0.4, 0.5) is 11.4 Å². The summed E-state index contributed by atoms with van der Waals surface area (Å²) in [4.78, 5) is 40.1. The number of rotatable bonds is 13. The van der Waals surface area contributed by atoms with Gasteiger partial charge in [-0.15, -0.1) is 0 Å². The molecule has 7 nitrogen and oxygen atoms in total. The lowest BCUT2D eigenvalue weighted by molar-refractivity contribution is -0.141. The van der Waals surface area contributed by atoms with Crippen LogP contribution in [0.2, 0.25) is 5.02 Å². The summed E-state index contributed by atoms with van der Waals surface area (Å²) in [5, 5.41) is 3.78. The van der Waals surface area contributed by atoms with Gasteiger partial charge in [-0.2, -0.15) is 0 Å². The molecule has 0 radical (unpaired) electrons. The highest BCUT2D eigenvalue weighted by molar-refractivity contribution is 6.30. The number of amides is 1. The molecule has 0 saturated carbocycles. The lowest BCUT2D eigenvalue weighted by Crippen LogP contribution is -2.34. The number of para-hydroxylation sites is 1. The van der Waals surface area contributed by atoms with Crippen LogP contribution in [0.3, 0.4) is 0 Å². The minimum absolute atomic E-state index is 0.0235. The Morgan fingerprint density at radius 2 is 1.60 bits per heavy atom. The molecule has 1 amide bonds. The first kappa shape index (κ1) is 30.3. The molecule has 0 saturated heterocycles. The molecule has 0 aromatic heterocycles. The molecule has 0 unspecified atom stereocenters. The van der Waals surface area contributed by atoms with Crippen molar-refractivity contribution in [3.63, 3.8) is 0 Å². The Balaban J connectivity index is 1.41. The monoisotopic (exact) mass is 584 g/mol. The van der Waals surface area contributed by atoms with E-state index in [-0.39, 0.29) is 18.3 Å². The Bertz CT molecular complexity index is 1510. The van der Waals surface area contributed by atoms with Crippen LogP contribution in [0.15, 0.2) is 103 Å². The number of ketones is 1. The van der Waals surface area contributed by atoms with Crippen LogP contribution < -0.4 is 15.0 Å². The number of nitrogens with zero attached hydrogens (tertiary/aromatic N) is 1. The van der Waals surface area contributed by atoms with Gasteiger partial charge < -0.3 is 19.7 Å². The first-order valence-electron chi connectivity index (χ1n) is 13.7. The van der Waals surface area contributed by atoms with Crippen LogP contribution >= 0.6 is 11.6 Å². The van der Waals surface area contributed by atoms with E-state index in [2.05, 4.69) is 5.32 Å². The number of carbonyl (C=O) groups is 3. The third kappa shape index (κ3) is 7.98. The van der Waals surface area contributed by atoms with E-state index in [1.807, 2.05) is 67.6 Å². The van der Waals surface area contributed by atoms with Gasteiger partial charge in [-0.1, -0.05) is 79.2 Å². The zero-order chi connectivity index (χ0) is 29.9. The fourth-order valence-electron chi connectivity index (χ4n) is 4.52. The number of carbonyl (C=O) groups excluding carboxylic acids is 3. The normalized spacial score (nSPS) is 11.3. The molecule has 0 bridgehead atoms. The molecule has 42 heavy (non-hydrogen) atoms. The van der Waals surface area contributed by atoms with Crippen LogP contribution in [0.1, 0.15) is 34.8 Å². The van der Waals surface area contributed by atoms with Gasteiger partial charge in [0.05, 0.1) is 13.7 Å². The van der Waals surface area contributed by atoms with Gasteiger partial charge in [0.2, 0.25) is 5.91 Å². The second-order valence-corrected chi connectivity index (χ2v) is 9.97. The van der Waals surface area contributed by atoms with Gasteiger partial charge in [0.15, 0.2) is 5.78 Å². The fourth-order valence-corrected chi connectivity index (χ4v) is 4.70. The molecule has 0 aliphatic rings. The van der Waals surface area contributed by atoms with E-state index >= 15 is 0 Å². The zero-order valence-corrected chi connectivity index (χ0v) is 24.3. The van der Waals surface area contributed by atoms with Gasteiger partial charge in [0.1, 0.15) is 18.4 Å². The third-order valence-corrected chi connectivity index (χ3v) is 6.93. The number of methoxy groups -OCH3 is 1. The Morgan fingerprint density at radius 1 is 0.881 bits per heavy atom. The average Bonchev–Trinajstić information content (AvgIpc) is 3.03. The molecular formula is C34H33ClN2O5. The van der Waals surface area contributed by atoms with Gasteiger partial charge in [-0.25, -0.2) is 4.79 Å². The summed E-state index contributed by atoms with van der Waals surface area (Å²) in [6.45, 7) is 2.47. The third-order valence-electron chi connectivity index (χ3n) is 6.69. The highest BCUT2D eigenvalue weighted by Gasteiger charge is 2.23. The van der Waals surface area contributed by atoms with Crippen molar-refractivity contribution < 1.29 is 23.9 Å². The molecule has 0 aliphatic heterocycles. The summed E-state index contributed by atoms with van der Waals surface area (Å²) in [5.74, 6) is 0.0251. The summed E-state index contributed by atoms with van der Waals surface area (Å²) in [7, 11) is 1.34. The minimum Gasteiger partial charge on any atom is -0.492 e. The number of anilines is 2. The van der Waals surface area contributed by atoms with Crippen molar-refractivity contribution in [1.82, 2.24) is 0 Å². The smallest absolute Gasteiger partial charge is 0.328 e. The first-order chi connectivity index (χ1) is 20.4. The van der Waals surface area contributed by atoms with E-state index in [0.29, 0.717) is 47.0 Å². The van der Waals surface area contributed by atoms with Crippen molar-refractivity contribution in [3.05, 3.63) is 125 Å². The summed E-state index contributed by atoms with van der Waals surface area (Å²) in [6.07, 6.45) is 0.690. The SMILES string of the molecule is CCC(=O)N(CCOc1ccc(C[C@H](Nc2ccccc2C(=O)c2ccccc2)C(=O)OC)cc1)c1cccc(Cl)c1. The lowest BCUT2D eigenvalue weighted by atomic mass is 10.00. The molecule has 8 heteroatoms. The van der Waals surface area contributed by atoms with Crippen LogP contribution in [0.25, 0.3) is 0 Å². The van der Waals surface area contributed by atoms with Crippen LogP contribution in [0.5, 0.6) is 5.75 Å². The highest BCUT2D eigenvalue weighted by atomic mass is 35.5. The number of esters is 1. The molecule has 216 valence electrons. The van der Waals surface area contributed by atoms with E-state index < -0.39 is 12.0 Å². The molecule has 0 aliphatic carbocycles. The van der Waals surface area contributed by atoms with Crippen molar-refractivity contribution in [1.29, 1.82) is 0 Å². The number of hydrogen-bond donors (Lipinski definition) is 1. The Kier molecular flexibility index (Phi) is 10.7. The van der Waals surface area contributed by atoms with Crippen molar-refractivity contribution in [2.75, 3.05) is 30.5 Å². The summed E-state index contributed by atoms with van der Waals surface area (Å²) in [5.41, 5.74) is 3.18. The first-order valence-corrected chi connectivity index (χ1v) is 14.1. The maximum atomic E-state index is 13.2. The highest BCUT2D eigenvalue weighted by Crippen LogP contribution is 2.23. The van der Waals surface area contributed by atoms with Crippen molar-refractivity contribution >= 4 is 40.6 Å². The molecule has 4 rings (SSSR count). The van der Waals surface area contributed by atoms with E-state index in [0.717, 1.165) is 11.3 Å². The van der Waals surface area contributed by atoms with Crippen LogP contribution in [0, 0.1) is 0 Å². The molecule has 4 aromatic rings. The standard InChI is InChI=1S/C34H33ClN2O5/c1-3-32(38)37(27-13-9-12-26(35)23-27)20-21-42-28-18-16-24(17-19-28)22-31(34(40)41-2)36-30-15-8-7-14-29(30)33(39)25-10-5-4-6-11-25/h4-19,23,31,36H,3,20-22H2,1-2H3/t31-/m0/s1. The zero-order valence-electron chi connectivity index (χ0n) is 23.6. The molecule has 4 aromatic carbocycles. The van der Waals surface area contributed by atoms with Crippen molar-refractivity contribution in [3.8, 4) is 5.75 Å². The summed E-state index contributed by atoms with van der Waals surface area (Å²) < 4.78 is 11.0. The fraction of sp³-hybridized carbons (Fsp3) is 0.206. The topological polar surface area (TPSA) is 84.9 Å². The van der Waals surface area contributed by atoms with Gasteiger partial charge in [-0.05, 0) is 48.0 Å². The number of hydrogen-bond acceptors (Lipinski definition) is 6. The number of nitrogens with one attached hydrogen (secondary N) is 1. The Hall–Kier alpha value is -4.62. The van der Waals surface area contributed by atoms with Crippen LogP contribution in [-0.4, -0.2) is 44.0 Å². The lowest BCUT2D eigenvalue weighted by Gasteiger charge is -2.23. The summed E-state index contributed by atoms with van der Waals surface area (Å²) >= 11 is 6.12. The van der Waals surface area contributed by atoms with Crippen molar-refractivity contribution in [2.45, 2.75) is 25.8 Å². The van der Waals surface area contributed by atoms with E-state index in [9.17, 15) is 14.4 Å². The van der Waals surface area contributed by atoms with E-state index in [1.54, 1.807) is 47.4 Å². The average molecular weight is 585 g/mol. The van der Waals surface area contributed by atoms with Gasteiger partial charge >= 0.3 is 5.97 Å². The molecule has 0 spiro atoms. The van der Waals surface area contributed by atoms with E-state index in [4.69, 9.17) is 21.1 Å². The predicted molar refractivity (Wildman–Crippen MR) is 165 cm³/mol. The molecule has 0 heterocycles. The largest absolute Gasteiger partial charge is 0.492 e.